The standard InChI is InChI=1S/C14H21NO4S/c1-4-10-14(3,13(16)17)15-11-8-6-7-9-12(11)20(18,19)5-2/h6-9,15H,4-5,10H2,1-3H3,(H,16,17). The molecular formula is C14H21NO4S. The fraction of sp³-hybridized carbons (Fsp3) is 0.500. The summed E-state index contributed by atoms with van der Waals surface area (Å²) in [5.74, 6) is -1.02. The van der Waals surface area contributed by atoms with Crippen molar-refractivity contribution in [2.75, 3.05) is 11.1 Å². The predicted octanol–water partition coefficient (Wildman–Crippen LogP) is 2.54. The molecule has 0 aromatic heterocycles. The van der Waals surface area contributed by atoms with Crippen molar-refractivity contribution in [3.8, 4) is 0 Å². The van der Waals surface area contributed by atoms with Gasteiger partial charge in [0, 0.05) is 0 Å². The molecule has 0 fully saturated rings. The lowest BCUT2D eigenvalue weighted by Crippen LogP contribution is -2.43. The molecule has 2 N–H and O–H groups in total. The number of carboxylic acids is 1. The molecule has 0 saturated heterocycles. The predicted molar refractivity (Wildman–Crippen MR) is 78.7 cm³/mol. The van der Waals surface area contributed by atoms with Gasteiger partial charge in [0.05, 0.1) is 16.3 Å². The van der Waals surface area contributed by atoms with E-state index in [1.54, 1.807) is 32.0 Å². The Morgan fingerprint density at radius 1 is 1.30 bits per heavy atom. The van der Waals surface area contributed by atoms with Crippen molar-refractivity contribution in [1.82, 2.24) is 0 Å². The van der Waals surface area contributed by atoms with E-state index in [2.05, 4.69) is 5.32 Å². The summed E-state index contributed by atoms with van der Waals surface area (Å²) in [5.41, 5.74) is -0.846. The molecule has 1 atom stereocenters. The number of benzene rings is 1. The molecule has 0 radical (unpaired) electrons. The molecule has 0 saturated carbocycles. The second kappa shape index (κ2) is 6.26. The van der Waals surface area contributed by atoms with E-state index in [1.807, 2.05) is 6.92 Å². The summed E-state index contributed by atoms with van der Waals surface area (Å²) in [6.45, 7) is 5.01. The summed E-state index contributed by atoms with van der Waals surface area (Å²) >= 11 is 0. The van der Waals surface area contributed by atoms with Crippen molar-refractivity contribution in [2.24, 2.45) is 0 Å². The zero-order chi connectivity index (χ0) is 15.4. The molecule has 20 heavy (non-hydrogen) atoms. The van der Waals surface area contributed by atoms with Crippen LogP contribution in [0.25, 0.3) is 0 Å². The molecule has 5 nitrogen and oxygen atoms in total. The summed E-state index contributed by atoms with van der Waals surface area (Å²) in [5, 5.41) is 12.2. The third-order valence-corrected chi connectivity index (χ3v) is 5.02. The van der Waals surface area contributed by atoms with Crippen molar-refractivity contribution < 1.29 is 18.3 Å². The minimum Gasteiger partial charge on any atom is -0.480 e. The maximum Gasteiger partial charge on any atom is 0.329 e. The second-order valence-corrected chi connectivity index (χ2v) is 7.16. The number of hydrogen-bond donors (Lipinski definition) is 2. The summed E-state index contributed by atoms with van der Waals surface area (Å²) in [4.78, 5) is 11.6. The van der Waals surface area contributed by atoms with Crippen LogP contribution in [0.15, 0.2) is 29.2 Å². The molecule has 0 bridgehead atoms. The number of sulfone groups is 1. The molecule has 1 aromatic carbocycles. The average molecular weight is 299 g/mol. The van der Waals surface area contributed by atoms with Gasteiger partial charge in [0.1, 0.15) is 5.54 Å². The highest BCUT2D eigenvalue weighted by Gasteiger charge is 2.33. The Hall–Kier alpha value is -1.56. The molecule has 0 aliphatic carbocycles. The van der Waals surface area contributed by atoms with E-state index in [0.717, 1.165) is 0 Å². The topological polar surface area (TPSA) is 83.5 Å². The van der Waals surface area contributed by atoms with Gasteiger partial charge in [-0.15, -0.1) is 0 Å². The number of para-hydroxylation sites is 1. The van der Waals surface area contributed by atoms with Gasteiger partial charge in [0.15, 0.2) is 9.84 Å². The molecule has 0 amide bonds. The highest BCUT2D eigenvalue weighted by Crippen LogP contribution is 2.27. The first-order valence-electron chi connectivity index (χ1n) is 6.60. The van der Waals surface area contributed by atoms with Crippen LogP contribution in [0.2, 0.25) is 0 Å². The highest BCUT2D eigenvalue weighted by atomic mass is 32.2. The van der Waals surface area contributed by atoms with Crippen LogP contribution in [0.4, 0.5) is 5.69 Å². The molecule has 1 unspecified atom stereocenters. The molecular weight excluding hydrogens is 278 g/mol. The van der Waals surface area contributed by atoms with E-state index in [1.165, 1.54) is 6.07 Å². The third kappa shape index (κ3) is 3.50. The number of rotatable bonds is 7. The molecule has 0 spiro atoms. The summed E-state index contributed by atoms with van der Waals surface area (Å²) in [6.07, 6.45) is 1.08. The maximum absolute atomic E-state index is 12.0. The van der Waals surface area contributed by atoms with Crippen molar-refractivity contribution in [1.29, 1.82) is 0 Å². The third-order valence-electron chi connectivity index (χ3n) is 3.23. The Kier molecular flexibility index (Phi) is 5.16. The molecule has 1 rings (SSSR count). The van der Waals surface area contributed by atoms with E-state index in [0.29, 0.717) is 18.5 Å². The zero-order valence-corrected chi connectivity index (χ0v) is 12.8. The molecule has 6 heteroatoms. The van der Waals surface area contributed by atoms with E-state index in [4.69, 9.17) is 0 Å². The van der Waals surface area contributed by atoms with Crippen LogP contribution in [-0.2, 0) is 14.6 Å². The summed E-state index contributed by atoms with van der Waals surface area (Å²) < 4.78 is 24.1. The van der Waals surface area contributed by atoms with Crippen LogP contribution in [0.1, 0.15) is 33.6 Å². The smallest absolute Gasteiger partial charge is 0.329 e. The van der Waals surface area contributed by atoms with Crippen molar-refractivity contribution >= 4 is 21.5 Å². The first kappa shape index (κ1) is 16.5. The zero-order valence-electron chi connectivity index (χ0n) is 12.0. The van der Waals surface area contributed by atoms with Gasteiger partial charge in [-0.2, -0.15) is 0 Å². The fourth-order valence-electron chi connectivity index (χ4n) is 2.02. The van der Waals surface area contributed by atoms with E-state index >= 15 is 0 Å². The van der Waals surface area contributed by atoms with Gasteiger partial charge >= 0.3 is 5.97 Å². The number of nitrogens with one attached hydrogen (secondary N) is 1. The Bertz CT molecular complexity index is 583. The minimum atomic E-state index is -3.40. The van der Waals surface area contributed by atoms with Crippen molar-refractivity contribution in [3.63, 3.8) is 0 Å². The lowest BCUT2D eigenvalue weighted by Gasteiger charge is -2.28. The first-order chi connectivity index (χ1) is 9.27. The van der Waals surface area contributed by atoms with Crippen molar-refractivity contribution in [3.05, 3.63) is 24.3 Å². The van der Waals surface area contributed by atoms with Crippen LogP contribution in [-0.4, -0.2) is 30.8 Å². The van der Waals surface area contributed by atoms with E-state index in [9.17, 15) is 18.3 Å². The Balaban J connectivity index is 3.25. The number of aliphatic carboxylic acids is 1. The quantitative estimate of drug-likeness (QED) is 0.808. The average Bonchev–Trinajstić information content (AvgIpc) is 2.39. The fourth-order valence-corrected chi connectivity index (χ4v) is 3.07. The largest absolute Gasteiger partial charge is 0.480 e. The monoisotopic (exact) mass is 299 g/mol. The number of anilines is 1. The van der Waals surface area contributed by atoms with Gasteiger partial charge in [-0.25, -0.2) is 13.2 Å². The first-order valence-corrected chi connectivity index (χ1v) is 8.25. The van der Waals surface area contributed by atoms with Gasteiger partial charge < -0.3 is 10.4 Å². The Morgan fingerprint density at radius 3 is 2.40 bits per heavy atom. The van der Waals surface area contributed by atoms with Crippen LogP contribution >= 0.6 is 0 Å². The number of hydrogen-bond acceptors (Lipinski definition) is 4. The maximum atomic E-state index is 12.0. The van der Waals surface area contributed by atoms with Crippen LogP contribution in [0.5, 0.6) is 0 Å². The van der Waals surface area contributed by atoms with Gasteiger partial charge in [-0.05, 0) is 25.5 Å². The Morgan fingerprint density at radius 2 is 1.90 bits per heavy atom. The van der Waals surface area contributed by atoms with Crippen LogP contribution in [0, 0.1) is 0 Å². The number of carbonyl (C=O) groups is 1. The Labute approximate surface area is 119 Å². The van der Waals surface area contributed by atoms with Gasteiger partial charge in [0.2, 0.25) is 0 Å². The SMILES string of the molecule is CCCC(C)(Nc1ccccc1S(=O)(=O)CC)C(=O)O. The summed E-state index contributed by atoms with van der Waals surface area (Å²) in [7, 11) is -3.40. The van der Waals surface area contributed by atoms with Crippen molar-refractivity contribution in [2.45, 2.75) is 44.0 Å². The summed E-state index contributed by atoms with van der Waals surface area (Å²) in [6, 6.07) is 6.41. The van der Waals surface area contributed by atoms with Gasteiger partial charge in [0.25, 0.3) is 0 Å². The van der Waals surface area contributed by atoms with Gasteiger partial charge in [-0.1, -0.05) is 32.4 Å². The molecule has 112 valence electrons. The van der Waals surface area contributed by atoms with Crippen LogP contribution < -0.4 is 5.32 Å². The lowest BCUT2D eigenvalue weighted by molar-refractivity contribution is -0.142. The molecule has 0 aliphatic rings. The van der Waals surface area contributed by atoms with E-state index in [-0.39, 0.29) is 10.6 Å². The lowest BCUT2D eigenvalue weighted by atomic mass is 9.96. The highest BCUT2D eigenvalue weighted by molar-refractivity contribution is 7.91. The number of carboxylic acid groups (broad SMARTS) is 1. The van der Waals surface area contributed by atoms with Gasteiger partial charge in [-0.3, -0.25) is 0 Å². The molecule has 0 heterocycles. The minimum absolute atomic E-state index is 0.0245. The molecule has 1 aromatic rings. The molecule has 0 aliphatic heterocycles. The normalized spacial score (nSPS) is 14.6. The second-order valence-electron chi connectivity index (χ2n) is 4.91. The van der Waals surface area contributed by atoms with E-state index < -0.39 is 21.3 Å². The van der Waals surface area contributed by atoms with Crippen LogP contribution in [0.3, 0.4) is 0 Å².